The predicted octanol–water partition coefficient (Wildman–Crippen LogP) is 3.76. The number of ether oxygens (including phenoxy) is 1. The number of hydrogen-bond donors (Lipinski definition) is 0. The van der Waals surface area contributed by atoms with Gasteiger partial charge < -0.3 is 14.1 Å². The maximum Gasteiger partial charge on any atom is 0.234 e. The molecular formula is C17H19NO3S. The molecule has 0 radical (unpaired) electrons. The Balaban J connectivity index is 1.87. The Bertz CT molecular complexity index is 667. The summed E-state index contributed by atoms with van der Waals surface area (Å²) in [5.74, 6) is 3.14. The van der Waals surface area contributed by atoms with Crippen LogP contribution in [0.5, 0.6) is 5.75 Å². The van der Waals surface area contributed by atoms with E-state index >= 15 is 0 Å². The Morgan fingerprint density at radius 1 is 1.32 bits per heavy atom. The summed E-state index contributed by atoms with van der Waals surface area (Å²) in [6.45, 7) is 4.98. The standard InChI is InChI=1S/C17H19NO3S/c1-3-20-15-7-5-4-6-14(15)17-18(16(19)11-22-17)10-13-9-8-12(2)21-13/h4-9,17H,3,10-11H2,1-2H3. The molecule has 3 rings (SSSR count). The van der Waals surface area contributed by atoms with Crippen molar-refractivity contribution in [2.45, 2.75) is 25.8 Å². The zero-order valence-electron chi connectivity index (χ0n) is 12.7. The monoisotopic (exact) mass is 317 g/mol. The molecule has 0 spiro atoms. The van der Waals surface area contributed by atoms with Gasteiger partial charge in [0.2, 0.25) is 5.91 Å². The summed E-state index contributed by atoms with van der Waals surface area (Å²) >= 11 is 1.63. The lowest BCUT2D eigenvalue weighted by molar-refractivity contribution is -0.128. The lowest BCUT2D eigenvalue weighted by atomic mass is 10.1. The molecule has 1 saturated heterocycles. The third-order valence-electron chi connectivity index (χ3n) is 3.58. The van der Waals surface area contributed by atoms with Gasteiger partial charge in [0.15, 0.2) is 0 Å². The fourth-order valence-electron chi connectivity index (χ4n) is 2.59. The summed E-state index contributed by atoms with van der Waals surface area (Å²) in [7, 11) is 0. The Morgan fingerprint density at radius 3 is 2.86 bits per heavy atom. The van der Waals surface area contributed by atoms with Gasteiger partial charge in [0.05, 0.1) is 18.9 Å². The number of thioether (sulfide) groups is 1. The van der Waals surface area contributed by atoms with Crippen molar-refractivity contribution in [3.05, 3.63) is 53.5 Å². The van der Waals surface area contributed by atoms with Crippen molar-refractivity contribution in [3.8, 4) is 5.75 Å². The third kappa shape index (κ3) is 2.99. The second kappa shape index (κ2) is 6.48. The second-order valence-corrected chi connectivity index (χ2v) is 6.24. The number of furan rings is 1. The number of aryl methyl sites for hydroxylation is 1. The van der Waals surface area contributed by atoms with Gasteiger partial charge in [-0.25, -0.2) is 0 Å². The van der Waals surface area contributed by atoms with Crippen molar-refractivity contribution < 1.29 is 13.9 Å². The summed E-state index contributed by atoms with van der Waals surface area (Å²) in [6.07, 6.45) is 0. The molecule has 2 aromatic rings. The summed E-state index contributed by atoms with van der Waals surface area (Å²) in [5.41, 5.74) is 1.04. The van der Waals surface area contributed by atoms with Gasteiger partial charge in [-0.1, -0.05) is 18.2 Å². The molecule has 2 heterocycles. The van der Waals surface area contributed by atoms with E-state index in [2.05, 4.69) is 0 Å². The average molecular weight is 317 g/mol. The molecule has 1 aliphatic rings. The van der Waals surface area contributed by atoms with E-state index in [9.17, 15) is 4.79 Å². The van der Waals surface area contributed by atoms with Crippen LogP contribution in [-0.4, -0.2) is 23.2 Å². The smallest absolute Gasteiger partial charge is 0.234 e. The van der Waals surface area contributed by atoms with E-state index in [4.69, 9.17) is 9.15 Å². The van der Waals surface area contributed by atoms with E-state index in [0.29, 0.717) is 18.9 Å². The Morgan fingerprint density at radius 2 is 2.14 bits per heavy atom. The average Bonchev–Trinajstić information content (AvgIpc) is 3.08. The van der Waals surface area contributed by atoms with Crippen molar-refractivity contribution >= 4 is 17.7 Å². The Kier molecular flexibility index (Phi) is 4.43. The van der Waals surface area contributed by atoms with Gasteiger partial charge in [0, 0.05) is 5.56 Å². The predicted molar refractivity (Wildman–Crippen MR) is 86.8 cm³/mol. The molecule has 22 heavy (non-hydrogen) atoms. The molecule has 1 aromatic heterocycles. The van der Waals surface area contributed by atoms with Crippen LogP contribution in [0.15, 0.2) is 40.8 Å². The van der Waals surface area contributed by atoms with Crippen molar-refractivity contribution in [1.82, 2.24) is 4.90 Å². The van der Waals surface area contributed by atoms with Gasteiger partial charge in [-0.3, -0.25) is 4.79 Å². The summed E-state index contributed by atoms with van der Waals surface area (Å²) in [5, 5.41) is -0.0272. The molecule has 1 aromatic carbocycles. The van der Waals surface area contributed by atoms with Crippen molar-refractivity contribution in [2.75, 3.05) is 12.4 Å². The second-order valence-electron chi connectivity index (χ2n) is 5.17. The number of carbonyl (C=O) groups is 1. The maximum absolute atomic E-state index is 12.3. The van der Waals surface area contributed by atoms with Gasteiger partial charge in [-0.15, -0.1) is 11.8 Å². The minimum absolute atomic E-state index is 0.0272. The summed E-state index contributed by atoms with van der Waals surface area (Å²) in [6, 6.07) is 11.8. The molecule has 0 N–H and O–H groups in total. The van der Waals surface area contributed by atoms with Gasteiger partial charge in [0.1, 0.15) is 22.6 Å². The first-order valence-corrected chi connectivity index (χ1v) is 8.42. The minimum Gasteiger partial charge on any atom is -0.493 e. The number of rotatable bonds is 5. The quantitative estimate of drug-likeness (QED) is 0.842. The molecule has 5 heteroatoms. The van der Waals surface area contributed by atoms with Crippen LogP contribution in [0, 0.1) is 6.92 Å². The topological polar surface area (TPSA) is 42.7 Å². The number of nitrogens with zero attached hydrogens (tertiary/aromatic N) is 1. The van der Waals surface area contributed by atoms with Crippen molar-refractivity contribution in [1.29, 1.82) is 0 Å². The number of para-hydroxylation sites is 1. The highest BCUT2D eigenvalue weighted by Gasteiger charge is 2.35. The van der Waals surface area contributed by atoms with E-state index in [0.717, 1.165) is 22.8 Å². The molecule has 1 fully saturated rings. The van der Waals surface area contributed by atoms with Crippen LogP contribution < -0.4 is 4.74 Å². The first-order chi connectivity index (χ1) is 10.7. The molecule has 1 amide bonds. The molecule has 0 aliphatic carbocycles. The molecule has 4 nitrogen and oxygen atoms in total. The highest BCUT2D eigenvalue weighted by Crippen LogP contribution is 2.43. The van der Waals surface area contributed by atoms with Gasteiger partial charge in [0.25, 0.3) is 0 Å². The maximum atomic E-state index is 12.3. The van der Waals surface area contributed by atoms with Crippen LogP contribution in [0.1, 0.15) is 29.4 Å². The van der Waals surface area contributed by atoms with E-state index < -0.39 is 0 Å². The van der Waals surface area contributed by atoms with E-state index in [1.807, 2.05) is 55.1 Å². The molecule has 1 aliphatic heterocycles. The van der Waals surface area contributed by atoms with Crippen LogP contribution >= 0.6 is 11.8 Å². The van der Waals surface area contributed by atoms with Crippen LogP contribution in [0.4, 0.5) is 0 Å². The highest BCUT2D eigenvalue weighted by atomic mass is 32.2. The number of amides is 1. The fraction of sp³-hybridized carbons (Fsp3) is 0.353. The molecular weight excluding hydrogens is 298 g/mol. The van der Waals surface area contributed by atoms with E-state index in [-0.39, 0.29) is 11.3 Å². The first kappa shape index (κ1) is 15.0. The molecule has 0 saturated carbocycles. The van der Waals surface area contributed by atoms with E-state index in [1.54, 1.807) is 11.8 Å². The SMILES string of the molecule is CCOc1ccccc1C1SCC(=O)N1Cc1ccc(C)o1. The largest absolute Gasteiger partial charge is 0.493 e. The van der Waals surface area contributed by atoms with Crippen molar-refractivity contribution in [3.63, 3.8) is 0 Å². The Labute approximate surface area is 134 Å². The first-order valence-electron chi connectivity index (χ1n) is 7.37. The lowest BCUT2D eigenvalue weighted by Gasteiger charge is -2.25. The third-order valence-corrected chi connectivity index (χ3v) is 4.81. The lowest BCUT2D eigenvalue weighted by Crippen LogP contribution is -2.27. The summed E-state index contributed by atoms with van der Waals surface area (Å²) < 4.78 is 11.3. The molecule has 0 bridgehead atoms. The number of benzene rings is 1. The normalized spacial score (nSPS) is 18.0. The zero-order valence-corrected chi connectivity index (χ0v) is 13.6. The zero-order chi connectivity index (χ0) is 15.5. The molecule has 1 unspecified atom stereocenters. The fourth-order valence-corrected chi connectivity index (χ4v) is 3.80. The van der Waals surface area contributed by atoms with Gasteiger partial charge in [-0.2, -0.15) is 0 Å². The van der Waals surface area contributed by atoms with Crippen LogP contribution in [0.25, 0.3) is 0 Å². The molecule has 116 valence electrons. The Hall–Kier alpha value is -1.88. The minimum atomic E-state index is -0.0272. The van der Waals surface area contributed by atoms with Crippen LogP contribution in [-0.2, 0) is 11.3 Å². The number of hydrogen-bond acceptors (Lipinski definition) is 4. The van der Waals surface area contributed by atoms with Crippen LogP contribution in [0.2, 0.25) is 0 Å². The number of carbonyl (C=O) groups excluding carboxylic acids is 1. The van der Waals surface area contributed by atoms with Gasteiger partial charge >= 0.3 is 0 Å². The summed E-state index contributed by atoms with van der Waals surface area (Å²) in [4.78, 5) is 14.1. The van der Waals surface area contributed by atoms with E-state index in [1.165, 1.54) is 0 Å². The molecule has 1 atom stereocenters. The van der Waals surface area contributed by atoms with Crippen LogP contribution in [0.3, 0.4) is 0 Å². The van der Waals surface area contributed by atoms with Gasteiger partial charge in [-0.05, 0) is 32.0 Å². The highest BCUT2D eigenvalue weighted by molar-refractivity contribution is 8.00. The van der Waals surface area contributed by atoms with Crippen molar-refractivity contribution in [2.24, 2.45) is 0 Å².